The Labute approximate surface area is 138 Å². The molecule has 1 N–H and O–H groups in total. The van der Waals surface area contributed by atoms with Gasteiger partial charge in [-0.2, -0.15) is 0 Å². The average Bonchev–Trinajstić information content (AvgIpc) is 3.08. The summed E-state index contributed by atoms with van der Waals surface area (Å²) in [5.74, 6) is 0.454. The van der Waals surface area contributed by atoms with Crippen LogP contribution in [0.4, 0.5) is 5.69 Å². The van der Waals surface area contributed by atoms with E-state index in [2.05, 4.69) is 15.5 Å². The first-order valence-electron chi connectivity index (χ1n) is 7.05. The molecule has 116 valence electrons. The Morgan fingerprint density at radius 1 is 1.13 bits per heavy atom. The topological polar surface area (TPSA) is 64.1 Å². The molecule has 1 amide bonds. The van der Waals surface area contributed by atoms with E-state index in [9.17, 15) is 4.79 Å². The summed E-state index contributed by atoms with van der Waals surface area (Å²) in [6.45, 7) is 0. The highest BCUT2D eigenvalue weighted by atomic mass is 32.1. The Balaban J connectivity index is 1.65. The number of amides is 1. The fraction of sp³-hybridized carbons (Fsp3) is 0.118. The van der Waals surface area contributed by atoms with Crippen LogP contribution in [0.25, 0.3) is 11.3 Å². The molecule has 3 rings (SSSR count). The smallest absolute Gasteiger partial charge is 0.233 e. The molecule has 5 nitrogen and oxygen atoms in total. The number of methoxy groups -OCH3 is 1. The zero-order valence-electron chi connectivity index (χ0n) is 12.5. The van der Waals surface area contributed by atoms with Crippen LogP contribution in [0.3, 0.4) is 0 Å². The average molecular weight is 325 g/mol. The molecule has 0 radical (unpaired) electrons. The number of hydrogen-bond donors (Lipinski definition) is 1. The minimum atomic E-state index is -0.0237. The van der Waals surface area contributed by atoms with Gasteiger partial charge >= 0.3 is 0 Å². The molecule has 3 aromatic rings. The number of ether oxygens (including phenoxy) is 1. The third kappa shape index (κ3) is 3.92. The van der Waals surface area contributed by atoms with E-state index >= 15 is 0 Å². The summed E-state index contributed by atoms with van der Waals surface area (Å²) in [6, 6.07) is 15.0. The van der Waals surface area contributed by atoms with Crippen LogP contribution in [-0.2, 0) is 11.2 Å². The number of carbonyl (C=O) groups is 1. The van der Waals surface area contributed by atoms with E-state index in [1.165, 1.54) is 0 Å². The number of carbonyl (C=O) groups excluding carboxylic acids is 1. The summed E-state index contributed by atoms with van der Waals surface area (Å²) in [5, 5.41) is 12.9. The maximum absolute atomic E-state index is 12.0. The van der Waals surface area contributed by atoms with Gasteiger partial charge in [0.25, 0.3) is 0 Å². The van der Waals surface area contributed by atoms with Crippen molar-refractivity contribution in [2.45, 2.75) is 6.42 Å². The first kappa shape index (κ1) is 15.2. The highest BCUT2D eigenvalue weighted by molar-refractivity contribution is 7.10. The molecule has 0 saturated heterocycles. The van der Waals surface area contributed by atoms with Gasteiger partial charge in [0.15, 0.2) is 0 Å². The first-order chi connectivity index (χ1) is 11.2. The Hall–Kier alpha value is -2.73. The van der Waals surface area contributed by atoms with Crippen molar-refractivity contribution in [1.29, 1.82) is 0 Å². The molecule has 6 heteroatoms. The van der Waals surface area contributed by atoms with Crippen LogP contribution in [0.2, 0.25) is 0 Å². The number of nitrogens with one attached hydrogen (secondary N) is 1. The molecule has 0 bridgehead atoms. The van der Waals surface area contributed by atoms with Crippen molar-refractivity contribution in [3.05, 3.63) is 58.8 Å². The maximum Gasteiger partial charge on any atom is 0.233 e. The first-order valence-corrected chi connectivity index (χ1v) is 7.93. The van der Waals surface area contributed by atoms with Crippen molar-refractivity contribution < 1.29 is 9.53 Å². The van der Waals surface area contributed by atoms with Gasteiger partial charge in [0.1, 0.15) is 0 Å². The molecule has 0 aliphatic rings. The molecule has 0 saturated carbocycles. The fourth-order valence-corrected chi connectivity index (χ4v) is 2.79. The maximum atomic E-state index is 12.0. The Bertz CT molecular complexity index is 769. The van der Waals surface area contributed by atoms with Crippen LogP contribution in [0.15, 0.2) is 53.9 Å². The predicted molar refractivity (Wildman–Crippen MR) is 90.7 cm³/mol. The van der Waals surface area contributed by atoms with Crippen LogP contribution in [-0.4, -0.2) is 23.2 Å². The number of aromatic nitrogens is 2. The molecule has 2 aromatic heterocycles. The van der Waals surface area contributed by atoms with Gasteiger partial charge in [0.05, 0.1) is 19.2 Å². The van der Waals surface area contributed by atoms with E-state index in [4.69, 9.17) is 4.74 Å². The summed E-state index contributed by atoms with van der Waals surface area (Å²) >= 11 is 1.58. The third-order valence-electron chi connectivity index (χ3n) is 3.23. The molecule has 0 fully saturated rings. The van der Waals surface area contributed by atoms with Crippen LogP contribution in [0, 0.1) is 0 Å². The van der Waals surface area contributed by atoms with Gasteiger partial charge in [0.2, 0.25) is 11.8 Å². The summed E-state index contributed by atoms with van der Waals surface area (Å²) in [7, 11) is 1.55. The quantitative estimate of drug-likeness (QED) is 0.781. The Morgan fingerprint density at radius 3 is 2.57 bits per heavy atom. The van der Waals surface area contributed by atoms with Crippen molar-refractivity contribution in [2.24, 2.45) is 0 Å². The Morgan fingerprint density at radius 2 is 1.96 bits per heavy atom. The molecule has 0 aliphatic heterocycles. The van der Waals surface area contributed by atoms with E-state index in [1.54, 1.807) is 24.5 Å². The minimum Gasteiger partial charge on any atom is -0.480 e. The van der Waals surface area contributed by atoms with Gasteiger partial charge in [-0.05, 0) is 29.6 Å². The van der Waals surface area contributed by atoms with E-state index in [-0.39, 0.29) is 5.91 Å². The molecular formula is C17H15N3O2S. The number of anilines is 1. The Kier molecular flexibility index (Phi) is 4.63. The lowest BCUT2D eigenvalue weighted by molar-refractivity contribution is -0.115. The number of benzene rings is 1. The van der Waals surface area contributed by atoms with E-state index in [0.29, 0.717) is 12.3 Å². The molecule has 2 heterocycles. The third-order valence-corrected chi connectivity index (χ3v) is 4.10. The summed E-state index contributed by atoms with van der Waals surface area (Å²) in [5.41, 5.74) is 2.44. The molecule has 1 aromatic carbocycles. The van der Waals surface area contributed by atoms with Crippen molar-refractivity contribution in [3.8, 4) is 17.1 Å². The fourth-order valence-electron chi connectivity index (χ4n) is 2.08. The van der Waals surface area contributed by atoms with Crippen LogP contribution in [0.1, 0.15) is 4.88 Å². The molecular weight excluding hydrogens is 310 g/mol. The van der Waals surface area contributed by atoms with Gasteiger partial charge in [-0.25, -0.2) is 0 Å². The molecule has 0 unspecified atom stereocenters. The summed E-state index contributed by atoms with van der Waals surface area (Å²) in [4.78, 5) is 13.0. The van der Waals surface area contributed by atoms with E-state index in [0.717, 1.165) is 21.8 Å². The molecule has 0 atom stereocenters. The monoisotopic (exact) mass is 325 g/mol. The van der Waals surface area contributed by atoms with Crippen LogP contribution in [0.5, 0.6) is 5.88 Å². The lowest BCUT2D eigenvalue weighted by Crippen LogP contribution is -2.13. The van der Waals surface area contributed by atoms with Gasteiger partial charge in [-0.15, -0.1) is 21.5 Å². The second-order valence-electron chi connectivity index (χ2n) is 4.84. The standard InChI is InChI=1S/C17H15N3O2S/c1-22-17-9-8-15(19-20-17)12-4-6-13(7-5-12)18-16(21)11-14-3-2-10-23-14/h2-10H,11H2,1H3,(H,18,21). The highest BCUT2D eigenvalue weighted by Crippen LogP contribution is 2.20. The summed E-state index contributed by atoms with van der Waals surface area (Å²) < 4.78 is 4.99. The van der Waals surface area contributed by atoms with Crippen molar-refractivity contribution in [1.82, 2.24) is 10.2 Å². The number of nitrogens with zero attached hydrogens (tertiary/aromatic N) is 2. The lowest BCUT2D eigenvalue weighted by atomic mass is 10.1. The second kappa shape index (κ2) is 7.02. The molecule has 0 spiro atoms. The highest BCUT2D eigenvalue weighted by Gasteiger charge is 2.06. The van der Waals surface area contributed by atoms with E-state index in [1.807, 2.05) is 47.8 Å². The summed E-state index contributed by atoms with van der Waals surface area (Å²) in [6.07, 6.45) is 0.392. The zero-order valence-corrected chi connectivity index (χ0v) is 13.3. The van der Waals surface area contributed by atoms with Gasteiger partial charge in [0, 0.05) is 22.2 Å². The largest absolute Gasteiger partial charge is 0.480 e. The second-order valence-corrected chi connectivity index (χ2v) is 5.87. The number of rotatable bonds is 5. The van der Waals surface area contributed by atoms with Crippen molar-refractivity contribution in [3.63, 3.8) is 0 Å². The lowest BCUT2D eigenvalue weighted by Gasteiger charge is -2.06. The van der Waals surface area contributed by atoms with Gasteiger partial charge in [-0.3, -0.25) is 4.79 Å². The van der Waals surface area contributed by atoms with Gasteiger partial charge in [-0.1, -0.05) is 18.2 Å². The molecule has 0 aliphatic carbocycles. The number of hydrogen-bond acceptors (Lipinski definition) is 5. The van der Waals surface area contributed by atoms with E-state index < -0.39 is 0 Å². The predicted octanol–water partition coefficient (Wildman–Crippen LogP) is 3.39. The van der Waals surface area contributed by atoms with Gasteiger partial charge < -0.3 is 10.1 Å². The van der Waals surface area contributed by atoms with Crippen molar-refractivity contribution >= 4 is 22.9 Å². The van der Waals surface area contributed by atoms with Crippen LogP contribution < -0.4 is 10.1 Å². The molecule has 23 heavy (non-hydrogen) atoms. The van der Waals surface area contributed by atoms with Crippen LogP contribution >= 0.6 is 11.3 Å². The zero-order chi connectivity index (χ0) is 16.1. The van der Waals surface area contributed by atoms with Crippen molar-refractivity contribution in [2.75, 3.05) is 12.4 Å². The number of thiophene rings is 1. The normalized spacial score (nSPS) is 10.3. The minimum absolute atomic E-state index is 0.0237. The SMILES string of the molecule is COc1ccc(-c2ccc(NC(=O)Cc3cccs3)cc2)nn1.